The maximum Gasteiger partial charge on any atom is 0.573 e. The number of benzene rings is 2. The van der Waals surface area contributed by atoms with Gasteiger partial charge in [-0.1, -0.05) is 38.1 Å². The second-order valence-electron chi connectivity index (χ2n) is 8.28. The van der Waals surface area contributed by atoms with Crippen molar-refractivity contribution in [3.8, 4) is 5.75 Å². The van der Waals surface area contributed by atoms with Crippen LogP contribution < -0.4 is 21.6 Å². The minimum Gasteiger partial charge on any atom is -0.406 e. The molecule has 194 valence electrons. The van der Waals surface area contributed by atoms with Gasteiger partial charge in [-0.3, -0.25) is 15.4 Å². The first kappa shape index (κ1) is 28.5. The lowest BCUT2D eigenvalue weighted by molar-refractivity contribution is -0.274. The minimum atomic E-state index is -5.08. The van der Waals surface area contributed by atoms with Crippen LogP contribution in [0.15, 0.2) is 54.2 Å². The summed E-state index contributed by atoms with van der Waals surface area (Å²) >= 11 is 0. The van der Waals surface area contributed by atoms with Crippen molar-refractivity contribution in [2.75, 3.05) is 11.9 Å². The molecule has 0 bridgehead atoms. The molecule has 36 heavy (non-hydrogen) atoms. The van der Waals surface area contributed by atoms with Crippen molar-refractivity contribution in [1.29, 1.82) is 5.41 Å². The van der Waals surface area contributed by atoms with Crippen molar-refractivity contribution >= 4 is 24.1 Å². The molecule has 2 rings (SSSR count). The van der Waals surface area contributed by atoms with Gasteiger partial charge in [-0.15, -0.1) is 13.2 Å². The Kier molecular flexibility index (Phi) is 9.70. The van der Waals surface area contributed by atoms with E-state index in [1.807, 2.05) is 13.8 Å². The van der Waals surface area contributed by atoms with E-state index >= 15 is 0 Å². The number of nitrogens with one attached hydrogen (secondary N) is 2. The molecule has 0 aromatic heterocycles. The highest BCUT2D eigenvalue weighted by molar-refractivity contribution is 5.99. The van der Waals surface area contributed by atoms with Crippen LogP contribution in [0.5, 0.6) is 5.75 Å². The molecule has 2 aromatic rings. The van der Waals surface area contributed by atoms with Gasteiger partial charge >= 0.3 is 6.36 Å². The van der Waals surface area contributed by atoms with Crippen LogP contribution in [-0.4, -0.2) is 42.4 Å². The van der Waals surface area contributed by atoms with E-state index in [2.05, 4.69) is 10.1 Å². The van der Waals surface area contributed by atoms with Crippen molar-refractivity contribution in [2.24, 2.45) is 17.5 Å². The topological polar surface area (TPSA) is 135 Å². The molecular weight excluding hydrogens is 482 g/mol. The first-order valence-electron chi connectivity index (χ1n) is 10.7. The summed E-state index contributed by atoms with van der Waals surface area (Å²) < 4.78 is 55.7. The number of hydrazine groups is 1. The van der Waals surface area contributed by atoms with Crippen LogP contribution in [0.1, 0.15) is 35.7 Å². The molecule has 0 aliphatic carbocycles. The smallest absolute Gasteiger partial charge is 0.406 e. The van der Waals surface area contributed by atoms with Gasteiger partial charge in [0.1, 0.15) is 17.9 Å². The normalized spacial score (nSPS) is 13.9. The molecule has 0 aliphatic rings. The fourth-order valence-electron chi connectivity index (χ4n) is 3.75. The van der Waals surface area contributed by atoms with E-state index in [4.69, 9.17) is 17.0 Å². The number of nitrogens with zero attached hydrogens (tertiary/aromatic N) is 1. The molecule has 12 heteroatoms. The Morgan fingerprint density at radius 3 is 2.44 bits per heavy atom. The van der Waals surface area contributed by atoms with E-state index in [0.29, 0.717) is 12.4 Å². The third-order valence-electron chi connectivity index (χ3n) is 5.06. The molecule has 1 amide bonds. The number of nitrogens with two attached hydrogens (primary N) is 2. The third kappa shape index (κ3) is 7.62. The number of hydrogen-bond donors (Lipinski definition) is 4. The summed E-state index contributed by atoms with van der Waals surface area (Å²) in [7, 11) is 0. The molecule has 0 saturated heterocycles. The number of rotatable bonds is 11. The number of aldehydes is 1. The Labute approximate surface area is 205 Å². The Morgan fingerprint density at radius 1 is 1.22 bits per heavy atom. The number of carbonyl (C=O) groups is 2. The zero-order valence-corrected chi connectivity index (χ0v) is 19.6. The number of hydrogen-bond acceptors (Lipinski definition) is 7. The Balaban J connectivity index is 2.63. The van der Waals surface area contributed by atoms with Gasteiger partial charge in [-0.25, -0.2) is 9.40 Å². The monoisotopic (exact) mass is 509 g/mol. The average molecular weight is 510 g/mol. The second kappa shape index (κ2) is 12.3. The molecule has 2 aromatic carbocycles. The summed E-state index contributed by atoms with van der Waals surface area (Å²) in [5, 5.41) is 11.5. The Morgan fingerprint density at radius 2 is 1.89 bits per heavy atom. The van der Waals surface area contributed by atoms with Crippen LogP contribution in [0.4, 0.5) is 23.2 Å². The first-order valence-corrected chi connectivity index (χ1v) is 10.7. The van der Waals surface area contributed by atoms with Crippen LogP contribution in [0.2, 0.25) is 0 Å². The number of alkyl halides is 3. The van der Waals surface area contributed by atoms with Gasteiger partial charge in [0.25, 0.3) is 0 Å². The van der Waals surface area contributed by atoms with E-state index in [1.165, 1.54) is 17.1 Å². The van der Waals surface area contributed by atoms with E-state index in [0.717, 1.165) is 24.5 Å². The number of ether oxygens (including phenoxy) is 1. The van der Waals surface area contributed by atoms with E-state index in [9.17, 15) is 27.2 Å². The molecule has 8 nitrogen and oxygen atoms in total. The lowest BCUT2D eigenvalue weighted by atomic mass is 9.83. The molecule has 6 N–H and O–H groups in total. The first-order chi connectivity index (χ1) is 16.9. The molecule has 0 fully saturated rings. The molecule has 1 unspecified atom stereocenters. The van der Waals surface area contributed by atoms with E-state index < -0.39 is 35.8 Å². The summed E-state index contributed by atoms with van der Waals surface area (Å²) in [6.07, 6.45) is -2.54. The van der Waals surface area contributed by atoms with E-state index in [-0.39, 0.29) is 34.9 Å². The lowest BCUT2D eigenvalue weighted by Crippen LogP contribution is -2.51. The zero-order valence-electron chi connectivity index (χ0n) is 19.6. The largest absolute Gasteiger partial charge is 0.573 e. The van der Waals surface area contributed by atoms with Crippen LogP contribution in [-0.2, 0) is 4.79 Å². The van der Waals surface area contributed by atoms with Crippen molar-refractivity contribution in [1.82, 2.24) is 5.01 Å². The van der Waals surface area contributed by atoms with Crippen LogP contribution in [0.25, 0.3) is 0 Å². The van der Waals surface area contributed by atoms with Gasteiger partial charge in [0.2, 0.25) is 5.91 Å². The summed E-state index contributed by atoms with van der Waals surface area (Å²) in [5.74, 6) is 2.26. The quantitative estimate of drug-likeness (QED) is 0.119. The standard InChI is InChI=1S/C24H27F4N5O3/c1-14(2)12-33(31)22(16(10-29)11-30)21(20-6-4-3-5-15(20)13-34)23(35)32-18-7-17(25)8-19(9-18)36-24(26,27)28/h3-11,13-14,21-22,29H,12,30-31H2,1-2H3,(H,32,35)/b16-11+,29-10?/t21-,22?/m1/s1. The predicted octanol–water partition coefficient (Wildman–Crippen LogP) is 3.95. The number of amides is 1. The Hall–Kier alpha value is -3.77. The summed E-state index contributed by atoms with van der Waals surface area (Å²) in [6, 6.07) is 7.20. The maximum atomic E-state index is 14.0. The fraction of sp³-hybridized carbons (Fsp3) is 0.292. The van der Waals surface area contributed by atoms with Gasteiger partial charge in [0.15, 0.2) is 0 Å². The average Bonchev–Trinajstić information content (AvgIpc) is 2.77. The van der Waals surface area contributed by atoms with Crippen molar-refractivity contribution in [3.63, 3.8) is 0 Å². The molecule has 0 radical (unpaired) electrons. The molecule has 0 spiro atoms. The Bertz CT molecular complexity index is 1120. The molecule has 2 atom stereocenters. The molecule has 0 saturated carbocycles. The highest BCUT2D eigenvalue weighted by atomic mass is 19.4. The highest BCUT2D eigenvalue weighted by Crippen LogP contribution is 2.32. The SMILES string of the molecule is CC(C)CN(N)C(/C(C=N)=C/N)[C@H](C(=O)Nc1cc(F)cc(OC(F)(F)F)c1)c1ccccc1C=O. The van der Waals surface area contributed by atoms with Crippen LogP contribution >= 0.6 is 0 Å². The van der Waals surface area contributed by atoms with Crippen LogP contribution in [0.3, 0.4) is 0 Å². The number of anilines is 1. The zero-order chi connectivity index (χ0) is 27.0. The molecule has 0 aliphatic heterocycles. The van der Waals surface area contributed by atoms with Crippen molar-refractivity contribution in [2.45, 2.75) is 32.2 Å². The van der Waals surface area contributed by atoms with Gasteiger partial charge in [0.05, 0.1) is 12.0 Å². The van der Waals surface area contributed by atoms with Crippen molar-refractivity contribution in [3.05, 3.63) is 71.2 Å². The predicted molar refractivity (Wildman–Crippen MR) is 127 cm³/mol. The summed E-state index contributed by atoms with van der Waals surface area (Å²) in [4.78, 5) is 25.4. The summed E-state index contributed by atoms with van der Waals surface area (Å²) in [6.45, 7) is 4.00. The maximum absolute atomic E-state index is 14.0. The van der Waals surface area contributed by atoms with Crippen molar-refractivity contribution < 1.29 is 31.9 Å². The number of carbonyl (C=O) groups excluding carboxylic acids is 2. The van der Waals surface area contributed by atoms with Crippen LogP contribution in [0, 0.1) is 17.1 Å². The van der Waals surface area contributed by atoms with Gasteiger partial charge in [-0.2, -0.15) is 0 Å². The van der Waals surface area contributed by atoms with Gasteiger partial charge < -0.3 is 21.2 Å². The fourth-order valence-corrected chi connectivity index (χ4v) is 3.75. The molecular formula is C24H27F4N5O3. The van der Waals surface area contributed by atoms with E-state index in [1.54, 1.807) is 12.1 Å². The molecule has 0 heterocycles. The third-order valence-corrected chi connectivity index (χ3v) is 5.06. The minimum absolute atomic E-state index is 0.0255. The van der Waals surface area contributed by atoms with Gasteiger partial charge in [-0.05, 0) is 17.5 Å². The number of halogens is 4. The second-order valence-corrected chi connectivity index (χ2v) is 8.28. The highest BCUT2D eigenvalue weighted by Gasteiger charge is 2.37. The van der Waals surface area contributed by atoms with Gasteiger partial charge in [0, 0.05) is 47.9 Å². The lowest BCUT2D eigenvalue weighted by Gasteiger charge is -2.35. The summed E-state index contributed by atoms with van der Waals surface area (Å²) in [5.41, 5.74) is 5.89.